The third kappa shape index (κ3) is 8.16. The molecule has 1 aliphatic rings. The van der Waals surface area contributed by atoms with Crippen LogP contribution in [0.2, 0.25) is 0 Å². The lowest BCUT2D eigenvalue weighted by atomic mass is 10.1. The summed E-state index contributed by atoms with van der Waals surface area (Å²) in [5.41, 5.74) is 1.18. The molecule has 0 spiro atoms. The van der Waals surface area contributed by atoms with Crippen LogP contribution in [0.5, 0.6) is 5.75 Å². The van der Waals surface area contributed by atoms with Crippen LogP contribution in [0.15, 0.2) is 47.6 Å². The lowest BCUT2D eigenvalue weighted by Crippen LogP contribution is -2.49. The van der Waals surface area contributed by atoms with Crippen LogP contribution in [0.25, 0.3) is 0 Å². The molecule has 1 aromatic carbocycles. The van der Waals surface area contributed by atoms with Crippen LogP contribution in [0.3, 0.4) is 0 Å². The Morgan fingerprint density at radius 1 is 1.23 bits per heavy atom. The van der Waals surface area contributed by atoms with Crippen molar-refractivity contribution in [2.45, 2.75) is 45.8 Å². The minimum atomic E-state index is -0.268. The molecule has 1 fully saturated rings. The molecular weight excluding hydrogens is 508 g/mol. The van der Waals surface area contributed by atoms with Crippen LogP contribution in [0.1, 0.15) is 32.3 Å². The fourth-order valence-corrected chi connectivity index (χ4v) is 3.42. The van der Waals surface area contributed by atoms with E-state index in [0.29, 0.717) is 18.3 Å². The van der Waals surface area contributed by atoms with Crippen LogP contribution in [-0.4, -0.2) is 49.3 Å². The maximum absolute atomic E-state index is 13.0. The molecule has 0 amide bonds. The van der Waals surface area contributed by atoms with Crippen LogP contribution in [-0.2, 0) is 0 Å². The van der Waals surface area contributed by atoms with Crippen LogP contribution in [0, 0.1) is 12.7 Å². The highest BCUT2D eigenvalue weighted by Gasteiger charge is 2.21. The van der Waals surface area contributed by atoms with E-state index in [9.17, 15) is 4.39 Å². The molecule has 1 atom stereocenters. The SMILES string of the molecule is CCNC(=NCC(C)Oc1ccc(F)cc1)NC1CCN(c2ccc(C)cn2)CC1.I. The molecule has 1 aliphatic heterocycles. The first kappa shape index (κ1) is 25.2. The minimum Gasteiger partial charge on any atom is -0.489 e. The van der Waals surface area contributed by atoms with E-state index in [-0.39, 0.29) is 35.9 Å². The maximum atomic E-state index is 13.0. The standard InChI is InChI=1S/C23H32FN5O.HI/c1-4-25-23(27-16-18(3)30-21-8-6-19(24)7-9-21)28-20-11-13-29(14-12-20)22-10-5-17(2)15-26-22;/h5-10,15,18,20H,4,11-14,16H2,1-3H3,(H2,25,27,28);1H. The Morgan fingerprint density at radius 3 is 2.55 bits per heavy atom. The lowest BCUT2D eigenvalue weighted by Gasteiger charge is -2.34. The van der Waals surface area contributed by atoms with Crippen LogP contribution in [0.4, 0.5) is 10.2 Å². The van der Waals surface area contributed by atoms with Gasteiger partial charge in [0.1, 0.15) is 23.5 Å². The number of halogens is 2. The van der Waals surface area contributed by atoms with Gasteiger partial charge in [-0.15, -0.1) is 24.0 Å². The number of rotatable bonds is 7. The second-order valence-corrected chi connectivity index (χ2v) is 7.70. The van der Waals surface area contributed by atoms with E-state index in [2.05, 4.69) is 51.5 Å². The molecule has 0 saturated carbocycles. The van der Waals surface area contributed by atoms with Crippen molar-refractivity contribution in [2.24, 2.45) is 4.99 Å². The van der Waals surface area contributed by atoms with Crippen molar-refractivity contribution in [3.8, 4) is 5.75 Å². The summed E-state index contributed by atoms with van der Waals surface area (Å²) < 4.78 is 18.8. The number of aromatic nitrogens is 1. The Kier molecular flexibility index (Phi) is 10.3. The van der Waals surface area contributed by atoms with Crippen molar-refractivity contribution in [3.05, 3.63) is 54.0 Å². The first-order valence-electron chi connectivity index (χ1n) is 10.7. The Hall–Kier alpha value is -2.10. The molecule has 0 bridgehead atoms. The number of nitrogens with one attached hydrogen (secondary N) is 2. The second kappa shape index (κ2) is 12.7. The molecule has 1 unspecified atom stereocenters. The van der Waals surface area contributed by atoms with Crippen molar-refractivity contribution in [1.29, 1.82) is 0 Å². The molecular formula is C23H33FIN5O. The van der Waals surface area contributed by atoms with E-state index in [0.717, 1.165) is 44.3 Å². The number of ether oxygens (including phenoxy) is 1. The zero-order valence-corrected chi connectivity index (χ0v) is 20.8. The molecule has 2 aromatic rings. The van der Waals surface area contributed by atoms with Crippen molar-refractivity contribution in [2.75, 3.05) is 31.1 Å². The summed E-state index contributed by atoms with van der Waals surface area (Å²) in [6, 6.07) is 10.6. The smallest absolute Gasteiger partial charge is 0.191 e. The number of guanidine groups is 1. The highest BCUT2D eigenvalue weighted by Crippen LogP contribution is 2.18. The summed E-state index contributed by atoms with van der Waals surface area (Å²) >= 11 is 0. The van der Waals surface area contributed by atoms with Gasteiger partial charge in [-0.25, -0.2) is 14.4 Å². The lowest BCUT2D eigenvalue weighted by molar-refractivity contribution is 0.230. The van der Waals surface area contributed by atoms with Gasteiger partial charge in [0.25, 0.3) is 0 Å². The van der Waals surface area contributed by atoms with Gasteiger partial charge in [-0.05, 0) is 69.5 Å². The molecule has 1 saturated heterocycles. The Balaban J connectivity index is 0.00000341. The van der Waals surface area contributed by atoms with E-state index in [1.54, 1.807) is 12.1 Å². The van der Waals surface area contributed by atoms with Crippen LogP contribution >= 0.6 is 24.0 Å². The molecule has 2 N–H and O–H groups in total. The van der Waals surface area contributed by atoms with Gasteiger partial charge in [-0.3, -0.25) is 0 Å². The minimum absolute atomic E-state index is 0. The van der Waals surface area contributed by atoms with E-state index in [1.807, 2.05) is 13.1 Å². The van der Waals surface area contributed by atoms with Gasteiger partial charge in [0, 0.05) is 31.9 Å². The number of piperidine rings is 1. The molecule has 0 radical (unpaired) electrons. The van der Waals surface area contributed by atoms with Crippen molar-refractivity contribution in [1.82, 2.24) is 15.6 Å². The number of pyridine rings is 1. The van der Waals surface area contributed by atoms with Crippen molar-refractivity contribution >= 4 is 35.8 Å². The molecule has 170 valence electrons. The molecule has 1 aromatic heterocycles. The predicted octanol–water partition coefficient (Wildman–Crippen LogP) is 4.14. The third-order valence-corrected chi connectivity index (χ3v) is 5.06. The number of benzene rings is 1. The molecule has 2 heterocycles. The number of anilines is 1. The molecule has 6 nitrogen and oxygen atoms in total. The van der Waals surface area contributed by atoms with Crippen molar-refractivity contribution in [3.63, 3.8) is 0 Å². The highest BCUT2D eigenvalue weighted by atomic mass is 127. The van der Waals surface area contributed by atoms with Gasteiger partial charge < -0.3 is 20.3 Å². The number of hydrogen-bond acceptors (Lipinski definition) is 4. The number of hydrogen-bond donors (Lipinski definition) is 2. The number of aliphatic imine (C=N–C) groups is 1. The third-order valence-electron chi connectivity index (χ3n) is 5.06. The summed E-state index contributed by atoms with van der Waals surface area (Å²) in [5, 5.41) is 6.86. The zero-order chi connectivity index (χ0) is 21.3. The van der Waals surface area contributed by atoms with Gasteiger partial charge in [-0.1, -0.05) is 6.07 Å². The summed E-state index contributed by atoms with van der Waals surface area (Å²) in [5.74, 6) is 2.23. The average Bonchev–Trinajstić information content (AvgIpc) is 2.75. The largest absolute Gasteiger partial charge is 0.489 e. The summed E-state index contributed by atoms with van der Waals surface area (Å²) in [6.07, 6.45) is 3.87. The summed E-state index contributed by atoms with van der Waals surface area (Å²) in [6.45, 7) is 9.32. The summed E-state index contributed by atoms with van der Waals surface area (Å²) in [7, 11) is 0. The van der Waals surface area contributed by atoms with Gasteiger partial charge >= 0.3 is 0 Å². The van der Waals surface area contributed by atoms with Gasteiger partial charge in [0.05, 0.1) is 6.54 Å². The zero-order valence-electron chi connectivity index (χ0n) is 18.5. The topological polar surface area (TPSA) is 61.8 Å². The van der Waals surface area contributed by atoms with E-state index < -0.39 is 0 Å². The molecule has 3 rings (SSSR count). The number of aryl methyl sites for hydroxylation is 1. The Bertz CT molecular complexity index is 808. The van der Waals surface area contributed by atoms with E-state index >= 15 is 0 Å². The average molecular weight is 541 g/mol. The van der Waals surface area contributed by atoms with Crippen LogP contribution < -0.4 is 20.3 Å². The summed E-state index contributed by atoms with van der Waals surface area (Å²) in [4.78, 5) is 11.6. The molecule has 8 heteroatoms. The quantitative estimate of drug-likeness (QED) is 0.314. The Labute approximate surface area is 201 Å². The van der Waals surface area contributed by atoms with Gasteiger partial charge in [0.2, 0.25) is 0 Å². The molecule has 0 aliphatic carbocycles. The highest BCUT2D eigenvalue weighted by molar-refractivity contribution is 14.0. The van der Waals surface area contributed by atoms with Crippen molar-refractivity contribution < 1.29 is 9.13 Å². The fraction of sp³-hybridized carbons (Fsp3) is 0.478. The second-order valence-electron chi connectivity index (χ2n) is 7.70. The molecule has 31 heavy (non-hydrogen) atoms. The maximum Gasteiger partial charge on any atom is 0.191 e. The first-order chi connectivity index (χ1) is 14.5. The monoisotopic (exact) mass is 541 g/mol. The van der Waals surface area contributed by atoms with E-state index in [4.69, 9.17) is 4.74 Å². The Morgan fingerprint density at radius 2 is 1.94 bits per heavy atom. The number of nitrogens with zero attached hydrogens (tertiary/aromatic N) is 3. The normalized spacial score (nSPS) is 15.7. The first-order valence-corrected chi connectivity index (χ1v) is 10.7. The predicted molar refractivity (Wildman–Crippen MR) is 135 cm³/mol. The van der Waals surface area contributed by atoms with Gasteiger partial charge in [0.15, 0.2) is 5.96 Å². The fourth-order valence-electron chi connectivity index (χ4n) is 3.42. The van der Waals surface area contributed by atoms with Gasteiger partial charge in [-0.2, -0.15) is 0 Å². The van der Waals surface area contributed by atoms with E-state index in [1.165, 1.54) is 17.7 Å².